The van der Waals surface area contributed by atoms with Gasteiger partial charge in [0.1, 0.15) is 0 Å². The molecule has 0 aromatic carbocycles. The van der Waals surface area contributed by atoms with E-state index in [-0.39, 0.29) is 24.0 Å². The summed E-state index contributed by atoms with van der Waals surface area (Å²) in [6.07, 6.45) is 4.51. The Balaban J connectivity index is 0. The van der Waals surface area contributed by atoms with Gasteiger partial charge in [0.2, 0.25) is 0 Å². The zero-order valence-corrected chi connectivity index (χ0v) is 17.0. The zero-order chi connectivity index (χ0) is 15.8. The van der Waals surface area contributed by atoms with Crippen LogP contribution in [0.1, 0.15) is 25.7 Å². The number of nitrogens with one attached hydrogen (secondary N) is 2. The maximum absolute atomic E-state index is 5.05. The molecule has 0 radical (unpaired) electrons. The minimum absolute atomic E-state index is 0. The van der Waals surface area contributed by atoms with Crippen LogP contribution in [0.25, 0.3) is 0 Å². The van der Waals surface area contributed by atoms with Gasteiger partial charge in [-0.2, -0.15) is 0 Å². The number of nitrogens with zero attached hydrogens (tertiary/aromatic N) is 2. The molecule has 0 spiro atoms. The van der Waals surface area contributed by atoms with E-state index in [2.05, 4.69) is 27.6 Å². The van der Waals surface area contributed by atoms with Crippen LogP contribution in [-0.2, 0) is 9.47 Å². The normalized spacial score (nSPS) is 11.4. The standard InChI is InChI=1S/C15H34N4O2.HI/c1-16-15(17-9-6-5-7-13-20-3)18-10-12-19(2)11-8-14-21-4;/h5-14H2,1-4H3,(H2,16,17,18);1H. The summed E-state index contributed by atoms with van der Waals surface area (Å²) >= 11 is 0. The summed E-state index contributed by atoms with van der Waals surface area (Å²) in [4.78, 5) is 6.52. The number of hydrogen-bond acceptors (Lipinski definition) is 4. The fraction of sp³-hybridized carbons (Fsp3) is 0.933. The minimum Gasteiger partial charge on any atom is -0.385 e. The van der Waals surface area contributed by atoms with Gasteiger partial charge < -0.3 is 25.0 Å². The highest BCUT2D eigenvalue weighted by Gasteiger charge is 2.00. The van der Waals surface area contributed by atoms with E-state index < -0.39 is 0 Å². The quantitative estimate of drug-likeness (QED) is 0.201. The third kappa shape index (κ3) is 16.3. The maximum Gasteiger partial charge on any atom is 0.191 e. The van der Waals surface area contributed by atoms with Crippen molar-refractivity contribution in [2.45, 2.75) is 25.7 Å². The molecule has 0 unspecified atom stereocenters. The van der Waals surface area contributed by atoms with Gasteiger partial charge in [0.15, 0.2) is 5.96 Å². The second-order valence-corrected chi connectivity index (χ2v) is 5.13. The van der Waals surface area contributed by atoms with Crippen molar-refractivity contribution in [1.29, 1.82) is 0 Å². The molecule has 0 amide bonds. The molecule has 0 aliphatic carbocycles. The molecule has 134 valence electrons. The van der Waals surface area contributed by atoms with Crippen LogP contribution in [0.2, 0.25) is 0 Å². The SMILES string of the molecule is CN=C(NCCCCCOC)NCCN(C)CCCOC.I. The van der Waals surface area contributed by atoms with Crippen LogP contribution in [0.15, 0.2) is 4.99 Å². The van der Waals surface area contributed by atoms with E-state index in [4.69, 9.17) is 9.47 Å². The third-order valence-electron chi connectivity index (χ3n) is 3.22. The lowest BCUT2D eigenvalue weighted by Gasteiger charge is -2.18. The Morgan fingerprint density at radius 3 is 2.18 bits per heavy atom. The van der Waals surface area contributed by atoms with Gasteiger partial charge in [0, 0.05) is 60.7 Å². The van der Waals surface area contributed by atoms with Crippen LogP contribution in [0.3, 0.4) is 0 Å². The van der Waals surface area contributed by atoms with Gasteiger partial charge in [-0.05, 0) is 32.7 Å². The summed E-state index contributed by atoms with van der Waals surface area (Å²) in [5.41, 5.74) is 0. The largest absolute Gasteiger partial charge is 0.385 e. The van der Waals surface area contributed by atoms with Crippen molar-refractivity contribution in [1.82, 2.24) is 15.5 Å². The number of ether oxygens (including phenoxy) is 2. The molecule has 6 nitrogen and oxygen atoms in total. The Hall–Kier alpha value is -0.120. The number of guanidine groups is 1. The van der Waals surface area contributed by atoms with Crippen molar-refractivity contribution in [3.05, 3.63) is 0 Å². The first-order valence-corrected chi connectivity index (χ1v) is 7.85. The van der Waals surface area contributed by atoms with E-state index in [1.165, 1.54) is 6.42 Å². The highest BCUT2D eigenvalue weighted by Crippen LogP contribution is 1.93. The molecule has 0 aromatic rings. The van der Waals surface area contributed by atoms with Crippen molar-refractivity contribution < 1.29 is 9.47 Å². The average molecular weight is 430 g/mol. The molecule has 0 aliphatic heterocycles. The average Bonchev–Trinajstić information content (AvgIpc) is 2.49. The Morgan fingerprint density at radius 1 is 0.909 bits per heavy atom. The van der Waals surface area contributed by atoms with E-state index in [1.807, 2.05) is 7.05 Å². The first-order chi connectivity index (χ1) is 10.2. The maximum atomic E-state index is 5.05. The number of aliphatic imine (C=N–C) groups is 1. The van der Waals surface area contributed by atoms with E-state index >= 15 is 0 Å². The Kier molecular flexibility index (Phi) is 20.8. The molecule has 0 saturated heterocycles. The monoisotopic (exact) mass is 430 g/mol. The highest BCUT2D eigenvalue weighted by atomic mass is 127. The first kappa shape index (κ1) is 24.1. The molecule has 0 bridgehead atoms. The lowest BCUT2D eigenvalue weighted by molar-refractivity contribution is 0.180. The number of halogens is 1. The summed E-state index contributed by atoms with van der Waals surface area (Å²) in [6.45, 7) is 5.58. The van der Waals surface area contributed by atoms with Crippen molar-refractivity contribution in [3.8, 4) is 0 Å². The minimum atomic E-state index is 0. The van der Waals surface area contributed by atoms with Gasteiger partial charge in [-0.15, -0.1) is 24.0 Å². The van der Waals surface area contributed by atoms with E-state index in [0.29, 0.717) is 0 Å². The van der Waals surface area contributed by atoms with E-state index in [1.54, 1.807) is 14.2 Å². The van der Waals surface area contributed by atoms with Gasteiger partial charge in [-0.3, -0.25) is 4.99 Å². The molecular weight excluding hydrogens is 395 g/mol. The van der Waals surface area contributed by atoms with Crippen molar-refractivity contribution in [2.24, 2.45) is 4.99 Å². The summed E-state index contributed by atoms with van der Waals surface area (Å²) in [6, 6.07) is 0. The molecule has 7 heteroatoms. The number of methoxy groups -OCH3 is 2. The molecule has 0 rings (SSSR count). The Bertz CT molecular complexity index is 256. The van der Waals surface area contributed by atoms with Gasteiger partial charge in [0.05, 0.1) is 0 Å². The molecule has 2 N–H and O–H groups in total. The molecule has 0 fully saturated rings. The topological polar surface area (TPSA) is 58.1 Å². The lowest BCUT2D eigenvalue weighted by atomic mass is 10.2. The van der Waals surface area contributed by atoms with E-state index in [0.717, 1.165) is 64.6 Å². The lowest BCUT2D eigenvalue weighted by Crippen LogP contribution is -2.41. The van der Waals surface area contributed by atoms with Crippen molar-refractivity contribution in [2.75, 3.05) is 67.7 Å². The number of unbranched alkanes of at least 4 members (excludes halogenated alkanes) is 2. The van der Waals surface area contributed by atoms with Crippen LogP contribution in [-0.4, -0.2) is 78.6 Å². The fourth-order valence-electron chi connectivity index (χ4n) is 1.93. The molecule has 0 heterocycles. The molecule has 0 saturated carbocycles. The molecule has 0 atom stereocenters. The van der Waals surface area contributed by atoms with Crippen molar-refractivity contribution >= 4 is 29.9 Å². The predicted octanol–water partition coefficient (Wildman–Crippen LogP) is 1.55. The predicted molar refractivity (Wildman–Crippen MR) is 104 cm³/mol. The van der Waals surface area contributed by atoms with Crippen LogP contribution < -0.4 is 10.6 Å². The van der Waals surface area contributed by atoms with Gasteiger partial charge in [-0.1, -0.05) is 0 Å². The Morgan fingerprint density at radius 2 is 1.55 bits per heavy atom. The third-order valence-corrected chi connectivity index (χ3v) is 3.22. The second kappa shape index (κ2) is 18.9. The summed E-state index contributed by atoms with van der Waals surface area (Å²) in [7, 11) is 7.43. The number of hydrogen-bond donors (Lipinski definition) is 2. The molecule has 22 heavy (non-hydrogen) atoms. The molecule has 0 aromatic heterocycles. The summed E-state index contributed by atoms with van der Waals surface area (Å²) < 4.78 is 10.1. The highest BCUT2D eigenvalue weighted by molar-refractivity contribution is 14.0. The van der Waals surface area contributed by atoms with Gasteiger partial charge in [0.25, 0.3) is 0 Å². The van der Waals surface area contributed by atoms with E-state index in [9.17, 15) is 0 Å². The fourth-order valence-corrected chi connectivity index (χ4v) is 1.93. The van der Waals surface area contributed by atoms with Crippen LogP contribution in [0.4, 0.5) is 0 Å². The zero-order valence-electron chi connectivity index (χ0n) is 14.7. The molecular formula is C15H35IN4O2. The number of likely N-dealkylation sites (N-methyl/N-ethyl adjacent to an activating group) is 1. The van der Waals surface area contributed by atoms with Crippen LogP contribution >= 0.6 is 24.0 Å². The second-order valence-electron chi connectivity index (χ2n) is 5.13. The van der Waals surface area contributed by atoms with Gasteiger partial charge >= 0.3 is 0 Å². The van der Waals surface area contributed by atoms with Gasteiger partial charge in [-0.25, -0.2) is 0 Å². The smallest absolute Gasteiger partial charge is 0.191 e. The Labute approximate surface area is 153 Å². The molecule has 0 aliphatic rings. The van der Waals surface area contributed by atoms with Crippen LogP contribution in [0.5, 0.6) is 0 Å². The summed E-state index contributed by atoms with van der Waals surface area (Å²) in [5, 5.41) is 6.67. The first-order valence-electron chi connectivity index (χ1n) is 7.85. The van der Waals surface area contributed by atoms with Crippen molar-refractivity contribution in [3.63, 3.8) is 0 Å². The van der Waals surface area contributed by atoms with Crippen LogP contribution in [0, 0.1) is 0 Å². The summed E-state index contributed by atoms with van der Waals surface area (Å²) in [5.74, 6) is 0.882. The number of rotatable bonds is 13.